The fourth-order valence-electron chi connectivity index (χ4n) is 1.70. The zero-order valence-corrected chi connectivity index (χ0v) is 11.0. The van der Waals surface area contributed by atoms with Gasteiger partial charge < -0.3 is 5.32 Å². The molecule has 0 saturated heterocycles. The summed E-state index contributed by atoms with van der Waals surface area (Å²) in [5, 5.41) is 7.10. The van der Waals surface area contributed by atoms with E-state index in [4.69, 9.17) is 0 Å². The van der Waals surface area contributed by atoms with Crippen LogP contribution < -0.4 is 5.32 Å². The van der Waals surface area contributed by atoms with E-state index in [2.05, 4.69) is 24.3 Å². The first-order valence-electron chi connectivity index (χ1n) is 5.95. The van der Waals surface area contributed by atoms with Gasteiger partial charge in [-0.3, -0.25) is 0 Å². The molecule has 0 spiro atoms. The highest BCUT2D eigenvalue weighted by atomic mass is 19.2. The quantitative estimate of drug-likeness (QED) is 0.833. The molecule has 0 aliphatic rings. The van der Waals surface area contributed by atoms with E-state index in [0.717, 1.165) is 24.2 Å². The molecule has 0 aliphatic heterocycles. The number of nitrogens with one attached hydrogen (secondary N) is 1. The van der Waals surface area contributed by atoms with Crippen LogP contribution in [0.15, 0.2) is 0 Å². The van der Waals surface area contributed by atoms with Gasteiger partial charge >= 0.3 is 0 Å². The van der Waals surface area contributed by atoms with Gasteiger partial charge in [-0.1, -0.05) is 20.8 Å². The molecular formula is C12H21F2N3. The van der Waals surface area contributed by atoms with Gasteiger partial charge in [0.05, 0.1) is 0 Å². The molecule has 1 N–H and O–H groups in total. The van der Waals surface area contributed by atoms with Gasteiger partial charge in [0.1, 0.15) is 5.69 Å². The number of hydrogen-bond donors (Lipinski definition) is 1. The standard InChI is InChI=1S/C12H21F2N3/c1-5-15-8-12(2,3)7-6-9-10(13)11(14)17(4)16-9/h15H,5-8H2,1-4H3. The Balaban J connectivity index is 2.58. The Morgan fingerprint density at radius 1 is 1.35 bits per heavy atom. The van der Waals surface area contributed by atoms with Crippen molar-refractivity contribution in [1.29, 1.82) is 0 Å². The van der Waals surface area contributed by atoms with Gasteiger partial charge in [-0.05, 0) is 24.8 Å². The topological polar surface area (TPSA) is 29.9 Å². The van der Waals surface area contributed by atoms with Crippen molar-refractivity contribution in [2.75, 3.05) is 13.1 Å². The van der Waals surface area contributed by atoms with E-state index in [-0.39, 0.29) is 11.1 Å². The highest BCUT2D eigenvalue weighted by Crippen LogP contribution is 2.23. The third kappa shape index (κ3) is 3.77. The predicted molar refractivity (Wildman–Crippen MR) is 63.8 cm³/mol. The number of aromatic nitrogens is 2. The largest absolute Gasteiger partial charge is 0.316 e. The molecule has 3 nitrogen and oxygen atoms in total. The molecule has 0 amide bonds. The molecule has 5 heteroatoms. The SMILES string of the molecule is CCNCC(C)(C)CCc1nn(C)c(F)c1F. The maximum atomic E-state index is 13.4. The third-order valence-corrected chi connectivity index (χ3v) is 2.88. The second kappa shape index (κ2) is 5.58. The first-order chi connectivity index (χ1) is 7.87. The Bertz CT molecular complexity index is 372. The van der Waals surface area contributed by atoms with Crippen molar-refractivity contribution in [2.45, 2.75) is 33.6 Å². The zero-order chi connectivity index (χ0) is 13.1. The summed E-state index contributed by atoms with van der Waals surface area (Å²) in [6.07, 6.45) is 1.23. The molecule has 0 bridgehead atoms. The Morgan fingerprint density at radius 2 is 2.00 bits per heavy atom. The van der Waals surface area contributed by atoms with Crippen LogP contribution in [0.3, 0.4) is 0 Å². The second-order valence-corrected chi connectivity index (χ2v) is 5.12. The van der Waals surface area contributed by atoms with Crippen LogP contribution in [0.25, 0.3) is 0 Å². The molecular weight excluding hydrogens is 224 g/mol. The average Bonchev–Trinajstić information content (AvgIpc) is 2.52. The van der Waals surface area contributed by atoms with E-state index >= 15 is 0 Å². The van der Waals surface area contributed by atoms with E-state index < -0.39 is 11.8 Å². The number of hydrogen-bond acceptors (Lipinski definition) is 2. The van der Waals surface area contributed by atoms with Gasteiger partial charge in [0.25, 0.3) is 0 Å². The second-order valence-electron chi connectivity index (χ2n) is 5.12. The molecule has 0 unspecified atom stereocenters. The molecule has 1 aromatic heterocycles. The highest BCUT2D eigenvalue weighted by molar-refractivity contribution is 5.05. The average molecular weight is 245 g/mol. The number of halogens is 2. The summed E-state index contributed by atoms with van der Waals surface area (Å²) in [6.45, 7) is 8.03. The van der Waals surface area contributed by atoms with Gasteiger partial charge in [-0.2, -0.15) is 13.9 Å². The van der Waals surface area contributed by atoms with E-state index in [0.29, 0.717) is 6.42 Å². The summed E-state index contributed by atoms with van der Waals surface area (Å²) in [5.74, 6) is -1.70. The minimum absolute atomic E-state index is 0.0520. The maximum Gasteiger partial charge on any atom is 0.247 e. The maximum absolute atomic E-state index is 13.4. The summed E-state index contributed by atoms with van der Waals surface area (Å²) in [5.41, 5.74) is 0.269. The molecule has 0 fully saturated rings. The predicted octanol–water partition coefficient (Wildman–Crippen LogP) is 2.27. The van der Waals surface area contributed by atoms with Gasteiger partial charge in [-0.15, -0.1) is 0 Å². The van der Waals surface area contributed by atoms with Crippen molar-refractivity contribution < 1.29 is 8.78 Å². The van der Waals surface area contributed by atoms with Gasteiger partial charge in [0.2, 0.25) is 11.8 Å². The molecule has 1 heterocycles. The Hall–Kier alpha value is -0.970. The minimum atomic E-state index is -0.885. The van der Waals surface area contributed by atoms with Crippen LogP contribution in [0.4, 0.5) is 8.78 Å². The zero-order valence-electron chi connectivity index (χ0n) is 11.0. The summed E-state index contributed by atoms with van der Waals surface area (Å²) in [6, 6.07) is 0. The van der Waals surface area contributed by atoms with Crippen molar-refractivity contribution >= 4 is 0 Å². The van der Waals surface area contributed by atoms with Crippen LogP contribution in [0.5, 0.6) is 0 Å². The number of aryl methyl sites for hydroxylation is 2. The number of rotatable bonds is 6. The van der Waals surface area contributed by atoms with Gasteiger partial charge in [0, 0.05) is 13.6 Å². The van der Waals surface area contributed by atoms with Crippen molar-refractivity contribution in [3.05, 3.63) is 17.5 Å². The molecule has 1 aromatic rings. The van der Waals surface area contributed by atoms with Crippen molar-refractivity contribution in [3.63, 3.8) is 0 Å². The summed E-state index contributed by atoms with van der Waals surface area (Å²) >= 11 is 0. The monoisotopic (exact) mass is 245 g/mol. The molecule has 98 valence electrons. The van der Waals surface area contributed by atoms with E-state index in [9.17, 15) is 8.78 Å². The summed E-state index contributed by atoms with van der Waals surface area (Å²) in [7, 11) is 1.41. The third-order valence-electron chi connectivity index (χ3n) is 2.88. The molecule has 0 radical (unpaired) electrons. The fourth-order valence-corrected chi connectivity index (χ4v) is 1.70. The lowest BCUT2D eigenvalue weighted by Gasteiger charge is -2.24. The summed E-state index contributed by atoms with van der Waals surface area (Å²) in [4.78, 5) is 0. The normalized spacial score (nSPS) is 12.1. The van der Waals surface area contributed by atoms with Crippen LogP contribution in [0, 0.1) is 17.2 Å². The fraction of sp³-hybridized carbons (Fsp3) is 0.750. The van der Waals surface area contributed by atoms with Crippen molar-refractivity contribution in [3.8, 4) is 0 Å². The lowest BCUT2D eigenvalue weighted by atomic mass is 9.87. The molecule has 17 heavy (non-hydrogen) atoms. The van der Waals surface area contributed by atoms with E-state index in [1.54, 1.807) is 0 Å². The molecule has 1 rings (SSSR count). The van der Waals surface area contributed by atoms with E-state index in [1.807, 2.05) is 6.92 Å². The highest BCUT2D eigenvalue weighted by Gasteiger charge is 2.21. The summed E-state index contributed by atoms with van der Waals surface area (Å²) < 4.78 is 27.4. The molecule has 0 saturated carbocycles. The molecule has 0 aliphatic carbocycles. The minimum Gasteiger partial charge on any atom is -0.316 e. The lowest BCUT2D eigenvalue weighted by Crippen LogP contribution is -2.29. The smallest absolute Gasteiger partial charge is 0.247 e. The van der Waals surface area contributed by atoms with Crippen LogP contribution in [-0.4, -0.2) is 22.9 Å². The van der Waals surface area contributed by atoms with Crippen LogP contribution in [0.1, 0.15) is 32.9 Å². The van der Waals surface area contributed by atoms with E-state index in [1.165, 1.54) is 7.05 Å². The first-order valence-corrected chi connectivity index (χ1v) is 5.95. The Morgan fingerprint density at radius 3 is 2.47 bits per heavy atom. The molecule has 0 atom stereocenters. The Kier molecular flexibility index (Phi) is 4.62. The van der Waals surface area contributed by atoms with Crippen molar-refractivity contribution in [2.24, 2.45) is 12.5 Å². The van der Waals surface area contributed by atoms with Gasteiger partial charge in [-0.25, -0.2) is 4.68 Å². The van der Waals surface area contributed by atoms with Crippen molar-refractivity contribution in [1.82, 2.24) is 15.1 Å². The van der Waals surface area contributed by atoms with Crippen LogP contribution >= 0.6 is 0 Å². The lowest BCUT2D eigenvalue weighted by molar-refractivity contribution is 0.314. The molecule has 0 aromatic carbocycles. The van der Waals surface area contributed by atoms with Crippen LogP contribution in [-0.2, 0) is 13.5 Å². The van der Waals surface area contributed by atoms with Gasteiger partial charge in [0.15, 0.2) is 0 Å². The first kappa shape index (κ1) is 14.1. The Labute approximate surface area is 101 Å². The van der Waals surface area contributed by atoms with Crippen LogP contribution in [0.2, 0.25) is 0 Å². The number of nitrogens with zero attached hydrogens (tertiary/aromatic N) is 2.